The Kier molecular flexibility index (Phi) is 4.11. The van der Waals surface area contributed by atoms with Crippen LogP contribution in [0.5, 0.6) is 0 Å². The third-order valence-corrected chi connectivity index (χ3v) is 5.32. The van der Waals surface area contributed by atoms with Gasteiger partial charge >= 0.3 is 0 Å². The van der Waals surface area contributed by atoms with Crippen molar-refractivity contribution in [2.75, 3.05) is 25.0 Å². The van der Waals surface area contributed by atoms with Gasteiger partial charge in [-0.1, -0.05) is 0 Å². The zero-order chi connectivity index (χ0) is 17.6. The van der Waals surface area contributed by atoms with E-state index in [1.165, 1.54) is 18.5 Å². The first kappa shape index (κ1) is 16.3. The molecule has 1 saturated carbocycles. The van der Waals surface area contributed by atoms with Crippen LogP contribution in [0.4, 0.5) is 5.82 Å². The Labute approximate surface area is 148 Å². The van der Waals surface area contributed by atoms with Gasteiger partial charge in [-0.15, -0.1) is 0 Å². The van der Waals surface area contributed by atoms with E-state index in [4.69, 9.17) is 0 Å². The smallest absolute Gasteiger partial charge is 0.239 e. The van der Waals surface area contributed by atoms with E-state index in [0.29, 0.717) is 24.5 Å². The van der Waals surface area contributed by atoms with Crippen molar-refractivity contribution in [2.24, 2.45) is 5.92 Å². The van der Waals surface area contributed by atoms with E-state index < -0.39 is 0 Å². The highest BCUT2D eigenvalue weighted by Crippen LogP contribution is 2.40. The predicted molar refractivity (Wildman–Crippen MR) is 95.5 cm³/mol. The van der Waals surface area contributed by atoms with Crippen LogP contribution in [0.3, 0.4) is 0 Å². The maximum atomic E-state index is 12.4. The van der Waals surface area contributed by atoms with Crippen LogP contribution in [-0.2, 0) is 4.79 Å². The van der Waals surface area contributed by atoms with Crippen molar-refractivity contribution < 1.29 is 4.79 Å². The fourth-order valence-electron chi connectivity index (χ4n) is 3.74. The molecule has 2 aromatic heterocycles. The first-order chi connectivity index (χ1) is 12.0. The SMILES string of the molecule is Cc1cc(C)n(C2CN(CC(=O)Nc3ccnn3[C@H](C)C3CC3)C2)n1. The molecule has 7 nitrogen and oxygen atoms in total. The average Bonchev–Trinajstić information content (AvgIpc) is 3.19. The van der Waals surface area contributed by atoms with Crippen LogP contribution in [0.15, 0.2) is 18.3 Å². The summed E-state index contributed by atoms with van der Waals surface area (Å²) in [6.07, 6.45) is 4.28. The summed E-state index contributed by atoms with van der Waals surface area (Å²) in [7, 11) is 0. The molecule has 1 amide bonds. The summed E-state index contributed by atoms with van der Waals surface area (Å²) in [6, 6.07) is 4.70. The lowest BCUT2D eigenvalue weighted by Crippen LogP contribution is -2.51. The second-order valence-electron chi connectivity index (χ2n) is 7.51. The molecule has 3 heterocycles. The molecule has 1 aliphatic heterocycles. The molecule has 0 unspecified atom stereocenters. The normalized spacial score (nSPS) is 19.6. The van der Waals surface area contributed by atoms with E-state index in [9.17, 15) is 4.79 Å². The number of nitrogens with zero attached hydrogens (tertiary/aromatic N) is 5. The highest BCUT2D eigenvalue weighted by atomic mass is 16.2. The zero-order valence-electron chi connectivity index (χ0n) is 15.1. The first-order valence-corrected chi connectivity index (χ1v) is 9.09. The molecule has 1 aliphatic carbocycles. The Bertz CT molecular complexity index is 768. The van der Waals surface area contributed by atoms with Crippen LogP contribution in [0, 0.1) is 19.8 Å². The molecular weight excluding hydrogens is 316 g/mol. The summed E-state index contributed by atoms with van der Waals surface area (Å²) < 4.78 is 4.03. The van der Waals surface area contributed by atoms with Crippen LogP contribution in [0.1, 0.15) is 43.2 Å². The number of hydrogen-bond donors (Lipinski definition) is 1. The number of anilines is 1. The van der Waals surface area contributed by atoms with Crippen LogP contribution in [-0.4, -0.2) is 50.0 Å². The van der Waals surface area contributed by atoms with Gasteiger partial charge in [-0.25, -0.2) is 4.68 Å². The second-order valence-corrected chi connectivity index (χ2v) is 7.51. The van der Waals surface area contributed by atoms with Gasteiger partial charge in [-0.2, -0.15) is 10.2 Å². The van der Waals surface area contributed by atoms with Crippen molar-refractivity contribution in [3.63, 3.8) is 0 Å². The third kappa shape index (κ3) is 3.33. The molecule has 4 rings (SSSR count). The largest absolute Gasteiger partial charge is 0.310 e. The van der Waals surface area contributed by atoms with Crippen LogP contribution in [0.25, 0.3) is 0 Å². The molecule has 2 fully saturated rings. The lowest BCUT2D eigenvalue weighted by molar-refractivity contribution is -0.118. The van der Waals surface area contributed by atoms with E-state index >= 15 is 0 Å². The van der Waals surface area contributed by atoms with E-state index in [1.807, 2.05) is 17.7 Å². The van der Waals surface area contributed by atoms with Crippen LogP contribution >= 0.6 is 0 Å². The highest BCUT2D eigenvalue weighted by Gasteiger charge is 2.32. The van der Waals surface area contributed by atoms with Crippen molar-refractivity contribution in [3.8, 4) is 0 Å². The minimum atomic E-state index is 0.0246. The molecule has 0 bridgehead atoms. The Morgan fingerprint density at radius 3 is 2.76 bits per heavy atom. The van der Waals surface area contributed by atoms with E-state index in [0.717, 1.165) is 24.6 Å². The molecule has 1 N–H and O–H groups in total. The second kappa shape index (κ2) is 6.29. The lowest BCUT2D eigenvalue weighted by Gasteiger charge is -2.39. The number of rotatable bonds is 6. The number of aryl methyl sites for hydroxylation is 2. The van der Waals surface area contributed by atoms with Crippen molar-refractivity contribution in [3.05, 3.63) is 29.7 Å². The Morgan fingerprint density at radius 1 is 1.36 bits per heavy atom. The number of nitrogens with one attached hydrogen (secondary N) is 1. The summed E-state index contributed by atoms with van der Waals surface area (Å²) in [5.74, 6) is 1.53. The van der Waals surface area contributed by atoms with Gasteiger partial charge in [0.2, 0.25) is 5.91 Å². The van der Waals surface area contributed by atoms with Crippen LogP contribution in [0.2, 0.25) is 0 Å². The maximum absolute atomic E-state index is 12.4. The molecule has 1 atom stereocenters. The van der Waals surface area contributed by atoms with Gasteiger partial charge in [0.05, 0.1) is 30.5 Å². The molecule has 1 saturated heterocycles. The predicted octanol–water partition coefficient (Wildman–Crippen LogP) is 2.16. The molecule has 2 aliphatic rings. The van der Waals surface area contributed by atoms with Crippen molar-refractivity contribution in [2.45, 2.75) is 45.7 Å². The van der Waals surface area contributed by atoms with Gasteiger partial charge in [0.15, 0.2) is 0 Å². The summed E-state index contributed by atoms with van der Waals surface area (Å²) in [4.78, 5) is 14.5. The van der Waals surface area contributed by atoms with Gasteiger partial charge in [0.1, 0.15) is 5.82 Å². The Morgan fingerprint density at radius 2 is 2.12 bits per heavy atom. The molecule has 7 heteroatoms. The maximum Gasteiger partial charge on any atom is 0.239 e. The summed E-state index contributed by atoms with van der Waals surface area (Å²) >= 11 is 0. The number of hydrogen-bond acceptors (Lipinski definition) is 4. The molecular formula is C18H26N6O. The van der Waals surface area contributed by atoms with E-state index in [1.54, 1.807) is 6.20 Å². The van der Waals surface area contributed by atoms with E-state index in [-0.39, 0.29) is 5.91 Å². The fourth-order valence-corrected chi connectivity index (χ4v) is 3.74. The van der Waals surface area contributed by atoms with Gasteiger partial charge in [0.25, 0.3) is 0 Å². The van der Waals surface area contributed by atoms with Crippen molar-refractivity contribution in [1.82, 2.24) is 24.5 Å². The summed E-state index contributed by atoms with van der Waals surface area (Å²) in [5, 5.41) is 11.9. The Balaban J connectivity index is 1.29. The quantitative estimate of drug-likeness (QED) is 0.873. The van der Waals surface area contributed by atoms with Crippen molar-refractivity contribution in [1.29, 1.82) is 0 Å². The molecule has 0 aromatic carbocycles. The van der Waals surface area contributed by atoms with Gasteiger partial charge in [-0.05, 0) is 45.6 Å². The monoisotopic (exact) mass is 342 g/mol. The van der Waals surface area contributed by atoms with Gasteiger partial charge in [0, 0.05) is 24.8 Å². The number of likely N-dealkylation sites (tertiary alicyclic amines) is 1. The first-order valence-electron chi connectivity index (χ1n) is 9.09. The standard InChI is InChI=1S/C18H26N6O/c1-12-8-13(2)23(21-12)16-9-22(10-16)11-18(25)20-17-6-7-19-24(17)14(3)15-4-5-15/h6-8,14-16H,4-5,9-11H2,1-3H3,(H,20,25)/t14-/m1/s1. The van der Waals surface area contributed by atoms with Gasteiger partial charge < -0.3 is 5.32 Å². The van der Waals surface area contributed by atoms with Crippen LogP contribution < -0.4 is 5.32 Å². The molecule has 0 radical (unpaired) electrons. The lowest BCUT2D eigenvalue weighted by atomic mass is 10.1. The average molecular weight is 342 g/mol. The highest BCUT2D eigenvalue weighted by molar-refractivity contribution is 5.91. The topological polar surface area (TPSA) is 68.0 Å². The number of carbonyl (C=O) groups excluding carboxylic acids is 1. The van der Waals surface area contributed by atoms with E-state index in [2.05, 4.69) is 45.0 Å². The summed E-state index contributed by atoms with van der Waals surface area (Å²) in [6.45, 7) is 8.42. The third-order valence-electron chi connectivity index (χ3n) is 5.32. The minimum absolute atomic E-state index is 0.0246. The number of aromatic nitrogens is 4. The molecule has 2 aromatic rings. The minimum Gasteiger partial charge on any atom is -0.310 e. The molecule has 134 valence electrons. The summed E-state index contributed by atoms with van der Waals surface area (Å²) in [5.41, 5.74) is 2.23. The molecule has 0 spiro atoms. The number of carbonyl (C=O) groups is 1. The van der Waals surface area contributed by atoms with Crippen molar-refractivity contribution >= 4 is 11.7 Å². The zero-order valence-corrected chi connectivity index (χ0v) is 15.1. The van der Waals surface area contributed by atoms with Gasteiger partial charge in [-0.3, -0.25) is 14.4 Å². The fraction of sp³-hybridized carbons (Fsp3) is 0.611. The number of amides is 1. The molecule has 25 heavy (non-hydrogen) atoms. The Hall–Kier alpha value is -2.15.